The number of nitrogens with zero attached hydrogens (tertiary/aromatic N) is 1. The number of rotatable bonds is 10. The normalized spacial score (nSPS) is 12.5. The monoisotopic (exact) mass is 398 g/mol. The third-order valence-corrected chi connectivity index (χ3v) is 4.77. The minimum Gasteiger partial charge on any atom is -0.378 e. The Kier molecular flexibility index (Phi) is 8.05. The van der Waals surface area contributed by atoms with Crippen molar-refractivity contribution in [2.24, 2.45) is 4.99 Å². The summed E-state index contributed by atoms with van der Waals surface area (Å²) >= 11 is 0. The number of benzene rings is 1. The first-order valence-electron chi connectivity index (χ1n) is 8.92. The molecular formula is C18H27FN4O3S. The van der Waals surface area contributed by atoms with E-state index in [-0.39, 0.29) is 18.2 Å². The van der Waals surface area contributed by atoms with Crippen LogP contribution in [0.3, 0.4) is 0 Å². The summed E-state index contributed by atoms with van der Waals surface area (Å²) < 4.78 is 40.6. The minimum atomic E-state index is -3.00. The molecule has 0 saturated carbocycles. The van der Waals surface area contributed by atoms with E-state index in [1.54, 1.807) is 6.07 Å². The molecule has 0 amide bonds. The molecule has 1 aromatic carbocycles. The van der Waals surface area contributed by atoms with Crippen molar-refractivity contribution in [3.05, 3.63) is 35.8 Å². The zero-order valence-corrected chi connectivity index (χ0v) is 16.5. The number of ether oxygens (including phenoxy) is 1. The Balaban J connectivity index is 1.77. The smallest absolute Gasteiger partial charge is 0.191 e. The molecule has 0 radical (unpaired) electrons. The number of nitrogens with one attached hydrogen (secondary N) is 3. The van der Waals surface area contributed by atoms with Crippen molar-refractivity contribution in [3.8, 4) is 0 Å². The molecule has 0 fully saturated rings. The van der Waals surface area contributed by atoms with Crippen LogP contribution in [-0.2, 0) is 21.0 Å². The average Bonchev–Trinajstić information content (AvgIpc) is 2.99. The lowest BCUT2D eigenvalue weighted by molar-refractivity contribution is 0.157. The number of fused-ring (bicyclic) bond motifs is 1. The molecule has 1 aromatic heterocycles. The van der Waals surface area contributed by atoms with Crippen molar-refractivity contribution < 1.29 is 17.5 Å². The molecule has 2 aromatic rings. The third-order valence-electron chi connectivity index (χ3n) is 3.86. The van der Waals surface area contributed by atoms with Gasteiger partial charge in [-0.15, -0.1) is 0 Å². The molecule has 0 bridgehead atoms. The molecule has 0 aliphatic carbocycles. The van der Waals surface area contributed by atoms with Gasteiger partial charge >= 0.3 is 0 Å². The second-order valence-corrected chi connectivity index (χ2v) is 8.44. The van der Waals surface area contributed by atoms with E-state index >= 15 is 0 Å². The number of sulfone groups is 1. The highest BCUT2D eigenvalue weighted by molar-refractivity contribution is 7.90. The van der Waals surface area contributed by atoms with Crippen LogP contribution in [0.25, 0.3) is 10.9 Å². The number of hydrogen-bond donors (Lipinski definition) is 3. The molecule has 9 heteroatoms. The second kappa shape index (κ2) is 10.3. The van der Waals surface area contributed by atoms with E-state index in [1.165, 1.54) is 18.4 Å². The molecule has 2 rings (SSSR count). The first-order valence-corrected chi connectivity index (χ1v) is 11.0. The molecular weight excluding hydrogens is 371 g/mol. The Hall–Kier alpha value is -2.13. The lowest BCUT2D eigenvalue weighted by Gasteiger charge is -2.11. The predicted molar refractivity (Wildman–Crippen MR) is 106 cm³/mol. The number of aromatic nitrogens is 1. The molecule has 27 heavy (non-hydrogen) atoms. The van der Waals surface area contributed by atoms with Gasteiger partial charge in [-0.2, -0.15) is 0 Å². The van der Waals surface area contributed by atoms with Crippen LogP contribution in [-0.4, -0.2) is 64.2 Å². The van der Waals surface area contributed by atoms with E-state index < -0.39 is 9.84 Å². The lowest BCUT2D eigenvalue weighted by Crippen LogP contribution is -2.38. The van der Waals surface area contributed by atoms with Crippen LogP contribution in [0.2, 0.25) is 0 Å². The first-order chi connectivity index (χ1) is 12.9. The SMILES string of the molecule is CCNC(=NCCOCCS(C)(=O)=O)NCCc1c[nH]c2cc(F)ccc12. The summed E-state index contributed by atoms with van der Waals surface area (Å²) in [7, 11) is -3.00. The van der Waals surface area contributed by atoms with E-state index in [2.05, 4.69) is 20.6 Å². The summed E-state index contributed by atoms with van der Waals surface area (Å²) in [4.78, 5) is 7.49. The molecule has 0 aliphatic heterocycles. The highest BCUT2D eigenvalue weighted by atomic mass is 32.2. The van der Waals surface area contributed by atoms with Crippen LogP contribution < -0.4 is 10.6 Å². The van der Waals surface area contributed by atoms with Crippen LogP contribution in [0.4, 0.5) is 4.39 Å². The summed E-state index contributed by atoms with van der Waals surface area (Å²) in [6, 6.07) is 4.73. The standard InChI is InChI=1S/C18H27FN4O3S/c1-3-20-18(22-8-9-26-10-11-27(2,24)25)21-7-6-14-13-23-17-12-15(19)4-5-16(14)17/h4-5,12-13,23H,3,6-11H2,1-2H3,(H2,20,21,22). The second-order valence-electron chi connectivity index (χ2n) is 6.18. The van der Waals surface area contributed by atoms with Gasteiger partial charge in [-0.25, -0.2) is 12.8 Å². The van der Waals surface area contributed by atoms with Gasteiger partial charge in [-0.05, 0) is 37.1 Å². The molecule has 3 N–H and O–H groups in total. The lowest BCUT2D eigenvalue weighted by atomic mass is 10.1. The molecule has 0 unspecified atom stereocenters. The average molecular weight is 399 g/mol. The summed E-state index contributed by atoms with van der Waals surface area (Å²) in [5.74, 6) is 0.438. The topological polar surface area (TPSA) is 95.6 Å². The van der Waals surface area contributed by atoms with E-state index in [1.807, 2.05) is 13.1 Å². The van der Waals surface area contributed by atoms with Gasteiger partial charge in [-0.1, -0.05) is 0 Å². The molecule has 1 heterocycles. The predicted octanol–water partition coefficient (Wildman–Crippen LogP) is 1.47. The van der Waals surface area contributed by atoms with Gasteiger partial charge in [0, 0.05) is 36.4 Å². The number of guanidine groups is 1. The van der Waals surface area contributed by atoms with Crippen molar-refractivity contribution in [2.75, 3.05) is 44.9 Å². The molecule has 0 aliphatic rings. The number of aromatic amines is 1. The van der Waals surface area contributed by atoms with Gasteiger partial charge in [-0.3, -0.25) is 4.99 Å². The number of hydrogen-bond acceptors (Lipinski definition) is 4. The highest BCUT2D eigenvalue weighted by Crippen LogP contribution is 2.19. The Labute approximate surface area is 159 Å². The van der Waals surface area contributed by atoms with E-state index in [4.69, 9.17) is 4.74 Å². The van der Waals surface area contributed by atoms with E-state index in [0.717, 1.165) is 29.4 Å². The number of H-pyrrole nitrogens is 1. The van der Waals surface area contributed by atoms with Gasteiger partial charge in [0.2, 0.25) is 0 Å². The van der Waals surface area contributed by atoms with Gasteiger partial charge in [0.05, 0.1) is 25.5 Å². The maximum atomic E-state index is 13.2. The zero-order valence-electron chi connectivity index (χ0n) is 15.7. The Morgan fingerprint density at radius 1 is 1.30 bits per heavy atom. The van der Waals surface area contributed by atoms with Gasteiger partial charge in [0.25, 0.3) is 0 Å². The number of aliphatic imine (C=N–C) groups is 1. The van der Waals surface area contributed by atoms with Crippen LogP contribution in [0.15, 0.2) is 29.4 Å². The number of halogens is 1. The van der Waals surface area contributed by atoms with Crippen molar-refractivity contribution in [1.29, 1.82) is 0 Å². The zero-order chi connectivity index (χ0) is 19.7. The van der Waals surface area contributed by atoms with Gasteiger partial charge in [0.1, 0.15) is 15.7 Å². The quantitative estimate of drug-likeness (QED) is 0.320. The molecule has 7 nitrogen and oxygen atoms in total. The summed E-state index contributed by atoms with van der Waals surface area (Å²) in [6.07, 6.45) is 3.85. The summed E-state index contributed by atoms with van der Waals surface area (Å²) in [5.41, 5.74) is 1.90. The van der Waals surface area contributed by atoms with Crippen LogP contribution in [0, 0.1) is 5.82 Å². The molecule has 0 atom stereocenters. The third kappa shape index (κ3) is 7.56. The molecule has 0 saturated heterocycles. The maximum Gasteiger partial charge on any atom is 0.191 e. The Morgan fingerprint density at radius 2 is 2.11 bits per heavy atom. The van der Waals surface area contributed by atoms with Crippen molar-refractivity contribution >= 4 is 26.7 Å². The van der Waals surface area contributed by atoms with E-state index in [9.17, 15) is 12.8 Å². The fraction of sp³-hybridized carbons (Fsp3) is 0.500. The van der Waals surface area contributed by atoms with Gasteiger partial charge in [0.15, 0.2) is 5.96 Å². The maximum absolute atomic E-state index is 13.2. The fourth-order valence-corrected chi connectivity index (χ4v) is 2.98. The highest BCUT2D eigenvalue weighted by Gasteiger charge is 2.05. The summed E-state index contributed by atoms with van der Waals surface area (Å²) in [6.45, 7) is 4.36. The van der Waals surface area contributed by atoms with Crippen molar-refractivity contribution in [3.63, 3.8) is 0 Å². The van der Waals surface area contributed by atoms with Gasteiger partial charge < -0.3 is 20.4 Å². The summed E-state index contributed by atoms with van der Waals surface area (Å²) in [5, 5.41) is 7.42. The van der Waals surface area contributed by atoms with Crippen molar-refractivity contribution in [2.45, 2.75) is 13.3 Å². The largest absolute Gasteiger partial charge is 0.378 e. The minimum absolute atomic E-state index is 0.0174. The van der Waals surface area contributed by atoms with Crippen LogP contribution >= 0.6 is 0 Å². The van der Waals surface area contributed by atoms with E-state index in [0.29, 0.717) is 25.7 Å². The molecule has 0 spiro atoms. The first kappa shape index (κ1) is 21.2. The van der Waals surface area contributed by atoms with Crippen LogP contribution in [0.5, 0.6) is 0 Å². The molecule has 150 valence electrons. The van der Waals surface area contributed by atoms with Crippen molar-refractivity contribution in [1.82, 2.24) is 15.6 Å². The Morgan fingerprint density at radius 3 is 2.85 bits per heavy atom. The van der Waals surface area contributed by atoms with Crippen LogP contribution in [0.1, 0.15) is 12.5 Å². The fourth-order valence-electron chi connectivity index (χ4n) is 2.56. The Bertz CT molecular complexity index is 865.